The van der Waals surface area contributed by atoms with Crippen LogP contribution in [0.25, 0.3) is 5.57 Å². The summed E-state index contributed by atoms with van der Waals surface area (Å²) in [6.07, 6.45) is 0. The lowest BCUT2D eigenvalue weighted by atomic mass is 9.92. The summed E-state index contributed by atoms with van der Waals surface area (Å²) in [5.74, 6) is 0.596. The van der Waals surface area contributed by atoms with Crippen LogP contribution in [0.4, 0.5) is 0 Å². The largest absolute Gasteiger partial charge is 0.0625 e. The molecule has 0 aromatic heterocycles. The topological polar surface area (TPSA) is 0 Å². The van der Waals surface area contributed by atoms with Crippen molar-refractivity contribution >= 4 is 5.57 Å². The summed E-state index contributed by atoms with van der Waals surface area (Å²) in [4.78, 5) is 0. The highest BCUT2D eigenvalue weighted by Gasteiger charge is 2.25. The molecule has 2 rings (SSSR count). The van der Waals surface area contributed by atoms with Crippen LogP contribution in [0.1, 0.15) is 48.9 Å². The molecule has 0 saturated heterocycles. The molecule has 1 aromatic rings. The summed E-state index contributed by atoms with van der Waals surface area (Å²) in [7, 11) is 0. The first-order valence-electron chi connectivity index (χ1n) is 5.23. The van der Waals surface area contributed by atoms with Crippen molar-refractivity contribution in [3.63, 3.8) is 0 Å². The number of aryl methyl sites for hydroxylation is 2. The van der Waals surface area contributed by atoms with Crippen LogP contribution in [0.5, 0.6) is 0 Å². The highest BCUT2D eigenvalue weighted by Crippen LogP contribution is 2.43. The Hall–Kier alpha value is -1.04. The van der Waals surface area contributed by atoms with Crippen molar-refractivity contribution in [1.82, 2.24) is 0 Å². The van der Waals surface area contributed by atoms with Gasteiger partial charge in [-0.15, -0.1) is 0 Å². The van der Waals surface area contributed by atoms with Crippen molar-refractivity contribution < 1.29 is 0 Å². The average Bonchev–Trinajstić information content (AvgIpc) is 2.38. The van der Waals surface area contributed by atoms with E-state index in [0.29, 0.717) is 5.92 Å². The average molecular weight is 185 g/mol. The molecule has 0 amide bonds. The van der Waals surface area contributed by atoms with Crippen LogP contribution < -0.4 is 0 Å². The SMILES string of the molecule is CC1=C(C)C(C)c2c(C)c[c]c(C)c21. The summed E-state index contributed by atoms with van der Waals surface area (Å²) in [5.41, 5.74) is 8.64. The zero-order chi connectivity index (χ0) is 10.5. The van der Waals surface area contributed by atoms with E-state index in [1.807, 2.05) is 0 Å². The van der Waals surface area contributed by atoms with Gasteiger partial charge in [0, 0.05) is 5.92 Å². The maximum Gasteiger partial charge on any atom is 0.00317 e. The number of hydrogen-bond donors (Lipinski definition) is 0. The van der Waals surface area contributed by atoms with E-state index in [1.165, 1.54) is 33.4 Å². The molecular weight excluding hydrogens is 168 g/mol. The first-order valence-corrected chi connectivity index (χ1v) is 5.23. The van der Waals surface area contributed by atoms with E-state index in [9.17, 15) is 0 Å². The van der Waals surface area contributed by atoms with Crippen molar-refractivity contribution in [3.05, 3.63) is 40.0 Å². The van der Waals surface area contributed by atoms with Gasteiger partial charge in [-0.25, -0.2) is 0 Å². The van der Waals surface area contributed by atoms with E-state index in [-0.39, 0.29) is 0 Å². The number of benzene rings is 1. The fraction of sp³-hybridized carbons (Fsp3) is 0.429. The molecule has 0 aliphatic heterocycles. The van der Waals surface area contributed by atoms with Crippen LogP contribution in [-0.2, 0) is 0 Å². The summed E-state index contributed by atoms with van der Waals surface area (Å²) in [6, 6.07) is 5.46. The minimum absolute atomic E-state index is 0.596. The van der Waals surface area contributed by atoms with Gasteiger partial charge in [-0.1, -0.05) is 18.6 Å². The van der Waals surface area contributed by atoms with Crippen molar-refractivity contribution in [3.8, 4) is 0 Å². The molecule has 0 fully saturated rings. The maximum atomic E-state index is 3.34. The molecule has 73 valence electrons. The molecule has 1 aliphatic carbocycles. The molecule has 1 atom stereocenters. The zero-order valence-corrected chi connectivity index (χ0v) is 9.65. The van der Waals surface area contributed by atoms with Gasteiger partial charge < -0.3 is 0 Å². The van der Waals surface area contributed by atoms with Crippen molar-refractivity contribution in [2.45, 2.75) is 40.5 Å². The van der Waals surface area contributed by atoms with E-state index >= 15 is 0 Å². The van der Waals surface area contributed by atoms with Gasteiger partial charge in [-0.3, -0.25) is 0 Å². The third kappa shape index (κ3) is 1.06. The lowest BCUT2D eigenvalue weighted by Crippen LogP contribution is -1.96. The Labute approximate surface area is 86.7 Å². The second-order valence-electron chi connectivity index (χ2n) is 4.42. The second kappa shape index (κ2) is 2.98. The van der Waals surface area contributed by atoms with Gasteiger partial charge in [-0.2, -0.15) is 0 Å². The number of fused-ring (bicyclic) bond motifs is 1. The van der Waals surface area contributed by atoms with E-state index in [0.717, 1.165) is 0 Å². The number of allylic oxidation sites excluding steroid dienone is 2. The lowest BCUT2D eigenvalue weighted by molar-refractivity contribution is 0.907. The highest BCUT2D eigenvalue weighted by atomic mass is 14.3. The molecule has 14 heavy (non-hydrogen) atoms. The predicted octanol–water partition coefficient (Wildman–Crippen LogP) is 4.01. The lowest BCUT2D eigenvalue weighted by Gasteiger charge is -2.12. The summed E-state index contributed by atoms with van der Waals surface area (Å²) < 4.78 is 0. The summed E-state index contributed by atoms with van der Waals surface area (Å²) in [6.45, 7) is 11.1. The van der Waals surface area contributed by atoms with Crippen LogP contribution in [0.15, 0.2) is 11.6 Å². The smallest absolute Gasteiger partial charge is 0.00317 e. The summed E-state index contributed by atoms with van der Waals surface area (Å²) in [5, 5.41) is 0. The molecule has 1 radical (unpaired) electrons. The Balaban J connectivity index is 2.78. The zero-order valence-electron chi connectivity index (χ0n) is 9.65. The standard InChI is InChI=1S/C14H17/c1-8-6-7-9(2)14-12(5)10(3)11(4)13(8)14/h6,11H,1-5H3. The van der Waals surface area contributed by atoms with Crippen LogP contribution in [0, 0.1) is 19.9 Å². The van der Waals surface area contributed by atoms with Crippen LogP contribution in [-0.4, -0.2) is 0 Å². The van der Waals surface area contributed by atoms with Gasteiger partial charge in [0.15, 0.2) is 0 Å². The third-order valence-electron chi connectivity index (χ3n) is 3.62. The molecule has 0 N–H and O–H groups in total. The monoisotopic (exact) mass is 185 g/mol. The number of hydrogen-bond acceptors (Lipinski definition) is 0. The second-order valence-corrected chi connectivity index (χ2v) is 4.42. The van der Waals surface area contributed by atoms with E-state index in [1.54, 1.807) is 0 Å². The van der Waals surface area contributed by atoms with Crippen molar-refractivity contribution in [1.29, 1.82) is 0 Å². The molecule has 0 saturated carbocycles. The number of rotatable bonds is 0. The van der Waals surface area contributed by atoms with Gasteiger partial charge in [0.05, 0.1) is 0 Å². The fourth-order valence-electron chi connectivity index (χ4n) is 2.55. The normalized spacial score (nSPS) is 20.2. The molecule has 0 bridgehead atoms. The van der Waals surface area contributed by atoms with Crippen LogP contribution >= 0.6 is 0 Å². The van der Waals surface area contributed by atoms with E-state index in [4.69, 9.17) is 0 Å². The van der Waals surface area contributed by atoms with E-state index < -0.39 is 0 Å². The molecule has 0 nitrogen and oxygen atoms in total. The molecule has 1 aromatic carbocycles. The Morgan fingerprint density at radius 3 is 2.36 bits per heavy atom. The minimum atomic E-state index is 0.596. The molecule has 0 spiro atoms. The van der Waals surface area contributed by atoms with Gasteiger partial charge in [0.25, 0.3) is 0 Å². The molecular formula is C14H17. The Bertz CT molecular complexity index is 422. The fourth-order valence-corrected chi connectivity index (χ4v) is 2.55. The van der Waals surface area contributed by atoms with Gasteiger partial charge in [-0.05, 0) is 61.6 Å². The van der Waals surface area contributed by atoms with Gasteiger partial charge in [0.2, 0.25) is 0 Å². The van der Waals surface area contributed by atoms with Crippen molar-refractivity contribution in [2.75, 3.05) is 0 Å². The predicted molar refractivity (Wildman–Crippen MR) is 61.4 cm³/mol. The first kappa shape index (κ1) is 9.51. The van der Waals surface area contributed by atoms with Gasteiger partial charge >= 0.3 is 0 Å². The Kier molecular flexibility index (Phi) is 2.02. The summed E-state index contributed by atoms with van der Waals surface area (Å²) >= 11 is 0. The molecule has 1 aliphatic rings. The maximum absolute atomic E-state index is 3.34. The van der Waals surface area contributed by atoms with Crippen LogP contribution in [0.2, 0.25) is 0 Å². The Morgan fingerprint density at radius 1 is 1.14 bits per heavy atom. The molecule has 1 unspecified atom stereocenters. The quantitative estimate of drug-likeness (QED) is 0.572. The van der Waals surface area contributed by atoms with Crippen molar-refractivity contribution in [2.24, 2.45) is 0 Å². The van der Waals surface area contributed by atoms with Gasteiger partial charge in [0.1, 0.15) is 0 Å². The highest BCUT2D eigenvalue weighted by molar-refractivity contribution is 5.79. The third-order valence-corrected chi connectivity index (χ3v) is 3.62. The molecule has 0 heteroatoms. The van der Waals surface area contributed by atoms with Crippen LogP contribution in [0.3, 0.4) is 0 Å². The first-order chi connectivity index (χ1) is 6.54. The van der Waals surface area contributed by atoms with E-state index in [2.05, 4.69) is 46.8 Å². The minimum Gasteiger partial charge on any atom is -0.0625 e. The Morgan fingerprint density at radius 2 is 1.79 bits per heavy atom. The molecule has 0 heterocycles.